The van der Waals surface area contributed by atoms with Crippen molar-refractivity contribution >= 4 is 27.5 Å². The van der Waals surface area contributed by atoms with Crippen molar-refractivity contribution in [3.8, 4) is 0 Å². The number of thiophene rings is 1. The molecule has 0 saturated carbocycles. The molecule has 84 valence electrons. The van der Waals surface area contributed by atoms with Gasteiger partial charge in [-0.3, -0.25) is 14.2 Å². The van der Waals surface area contributed by atoms with E-state index < -0.39 is 0 Å². The Morgan fingerprint density at radius 1 is 1.62 bits per heavy atom. The largest absolute Gasteiger partial charge is 0.359 e. The molecule has 1 amide bonds. The van der Waals surface area contributed by atoms with Gasteiger partial charge in [0.25, 0.3) is 5.56 Å². The van der Waals surface area contributed by atoms with Gasteiger partial charge in [-0.15, -0.1) is 11.3 Å². The summed E-state index contributed by atoms with van der Waals surface area (Å²) < 4.78 is 1.46. The number of nitrogens with one attached hydrogen (secondary N) is 1. The van der Waals surface area contributed by atoms with Gasteiger partial charge in [0.2, 0.25) is 5.91 Å². The lowest BCUT2D eigenvalue weighted by Gasteiger charge is -2.03. The highest BCUT2D eigenvalue weighted by atomic mass is 32.1. The van der Waals surface area contributed by atoms with Crippen molar-refractivity contribution in [1.29, 1.82) is 0 Å². The molecule has 0 atom stereocenters. The lowest BCUT2D eigenvalue weighted by molar-refractivity contribution is -0.120. The van der Waals surface area contributed by atoms with Gasteiger partial charge in [0, 0.05) is 20.0 Å². The van der Waals surface area contributed by atoms with E-state index in [0.717, 1.165) is 4.83 Å². The average molecular weight is 237 g/mol. The SMILES string of the molecule is CNC(=O)CCn1cnc2sccc2c1=O. The van der Waals surface area contributed by atoms with Crippen LogP contribution in [0.5, 0.6) is 0 Å². The quantitative estimate of drug-likeness (QED) is 0.850. The van der Waals surface area contributed by atoms with Crippen molar-refractivity contribution in [2.75, 3.05) is 7.05 Å². The third-order valence-electron chi connectivity index (χ3n) is 2.31. The van der Waals surface area contributed by atoms with Crippen molar-refractivity contribution in [3.05, 3.63) is 28.1 Å². The van der Waals surface area contributed by atoms with Crippen molar-refractivity contribution in [1.82, 2.24) is 14.9 Å². The number of rotatable bonds is 3. The molecular weight excluding hydrogens is 226 g/mol. The van der Waals surface area contributed by atoms with E-state index in [4.69, 9.17) is 0 Å². The monoisotopic (exact) mass is 237 g/mol. The molecule has 2 heterocycles. The van der Waals surface area contributed by atoms with Crippen LogP contribution in [0.4, 0.5) is 0 Å². The molecule has 2 aromatic heterocycles. The number of carbonyl (C=O) groups excluding carboxylic acids is 1. The zero-order valence-corrected chi connectivity index (χ0v) is 9.58. The first-order valence-corrected chi connectivity index (χ1v) is 5.73. The Morgan fingerprint density at radius 3 is 3.19 bits per heavy atom. The van der Waals surface area contributed by atoms with Crippen LogP contribution in [0, 0.1) is 0 Å². The van der Waals surface area contributed by atoms with Crippen LogP contribution in [-0.4, -0.2) is 22.5 Å². The van der Waals surface area contributed by atoms with E-state index >= 15 is 0 Å². The van der Waals surface area contributed by atoms with Crippen LogP contribution in [0.2, 0.25) is 0 Å². The first-order valence-electron chi connectivity index (χ1n) is 4.85. The van der Waals surface area contributed by atoms with E-state index in [-0.39, 0.29) is 17.9 Å². The van der Waals surface area contributed by atoms with Gasteiger partial charge >= 0.3 is 0 Å². The number of aryl methyl sites for hydroxylation is 1. The molecule has 6 heteroatoms. The Labute approximate surface area is 95.7 Å². The Kier molecular flexibility index (Phi) is 3.00. The molecule has 0 unspecified atom stereocenters. The van der Waals surface area contributed by atoms with E-state index in [9.17, 15) is 9.59 Å². The highest BCUT2D eigenvalue weighted by molar-refractivity contribution is 7.16. The van der Waals surface area contributed by atoms with Crippen molar-refractivity contribution < 1.29 is 4.79 Å². The van der Waals surface area contributed by atoms with Crippen LogP contribution in [0.1, 0.15) is 6.42 Å². The standard InChI is InChI=1S/C10H11N3O2S/c1-11-8(14)2-4-13-6-12-9-7(10(13)15)3-5-16-9/h3,5-6H,2,4H2,1H3,(H,11,14). The lowest BCUT2D eigenvalue weighted by atomic mass is 10.3. The minimum atomic E-state index is -0.0878. The fraction of sp³-hybridized carbons (Fsp3) is 0.300. The second kappa shape index (κ2) is 4.44. The second-order valence-electron chi connectivity index (χ2n) is 3.31. The molecule has 0 radical (unpaired) electrons. The molecule has 0 fully saturated rings. The Balaban J connectivity index is 2.28. The van der Waals surface area contributed by atoms with Crippen molar-refractivity contribution in [3.63, 3.8) is 0 Å². The van der Waals surface area contributed by atoms with Gasteiger partial charge in [-0.25, -0.2) is 4.98 Å². The van der Waals surface area contributed by atoms with Gasteiger partial charge < -0.3 is 5.32 Å². The Hall–Kier alpha value is -1.69. The fourth-order valence-electron chi connectivity index (χ4n) is 1.40. The molecule has 0 aliphatic heterocycles. The zero-order valence-electron chi connectivity index (χ0n) is 8.77. The second-order valence-corrected chi connectivity index (χ2v) is 4.20. The van der Waals surface area contributed by atoms with Crippen molar-refractivity contribution in [2.24, 2.45) is 0 Å². The molecule has 0 aliphatic rings. The number of nitrogens with zero attached hydrogens (tertiary/aromatic N) is 2. The molecule has 0 saturated heterocycles. The van der Waals surface area contributed by atoms with E-state index in [2.05, 4.69) is 10.3 Å². The van der Waals surface area contributed by atoms with E-state index in [1.54, 1.807) is 13.1 Å². The average Bonchev–Trinajstić information content (AvgIpc) is 2.76. The maximum absolute atomic E-state index is 11.9. The topological polar surface area (TPSA) is 64.0 Å². The maximum Gasteiger partial charge on any atom is 0.262 e. The number of carbonyl (C=O) groups is 1. The highest BCUT2D eigenvalue weighted by Gasteiger charge is 2.06. The number of hydrogen-bond acceptors (Lipinski definition) is 4. The van der Waals surface area contributed by atoms with Gasteiger partial charge in [-0.05, 0) is 11.4 Å². The molecule has 2 aromatic rings. The summed E-state index contributed by atoms with van der Waals surface area (Å²) in [6.07, 6.45) is 1.78. The molecule has 5 nitrogen and oxygen atoms in total. The van der Waals surface area contributed by atoms with Crippen LogP contribution < -0.4 is 10.9 Å². The van der Waals surface area contributed by atoms with E-state index in [1.165, 1.54) is 22.2 Å². The van der Waals surface area contributed by atoms with Gasteiger partial charge in [-0.1, -0.05) is 0 Å². The lowest BCUT2D eigenvalue weighted by Crippen LogP contribution is -2.25. The molecule has 16 heavy (non-hydrogen) atoms. The molecule has 0 bridgehead atoms. The smallest absolute Gasteiger partial charge is 0.262 e. The van der Waals surface area contributed by atoms with Gasteiger partial charge in [0.05, 0.1) is 11.7 Å². The molecular formula is C10H11N3O2S. The molecule has 2 rings (SSSR count). The van der Waals surface area contributed by atoms with Crippen molar-refractivity contribution in [2.45, 2.75) is 13.0 Å². The third-order valence-corrected chi connectivity index (χ3v) is 3.13. The summed E-state index contributed by atoms with van der Waals surface area (Å²) in [5.41, 5.74) is -0.0878. The zero-order chi connectivity index (χ0) is 11.5. The summed E-state index contributed by atoms with van der Waals surface area (Å²) in [6.45, 7) is 0.358. The number of amides is 1. The summed E-state index contributed by atoms with van der Waals surface area (Å²) >= 11 is 1.44. The van der Waals surface area contributed by atoms with Crippen LogP contribution in [0.25, 0.3) is 10.2 Å². The summed E-state index contributed by atoms with van der Waals surface area (Å²) in [7, 11) is 1.57. The molecule has 0 aliphatic carbocycles. The first kappa shape index (κ1) is 10.8. The molecule has 0 spiro atoms. The number of aromatic nitrogens is 2. The Morgan fingerprint density at radius 2 is 2.44 bits per heavy atom. The Bertz CT molecular complexity index is 573. The molecule has 0 aromatic carbocycles. The number of fused-ring (bicyclic) bond motifs is 1. The number of hydrogen-bond donors (Lipinski definition) is 1. The summed E-state index contributed by atoms with van der Waals surface area (Å²) in [5, 5.41) is 4.96. The predicted molar refractivity (Wildman–Crippen MR) is 62.6 cm³/mol. The first-order chi connectivity index (χ1) is 7.72. The van der Waals surface area contributed by atoms with Crippen LogP contribution in [-0.2, 0) is 11.3 Å². The molecule has 1 N–H and O–H groups in total. The van der Waals surface area contributed by atoms with Crippen LogP contribution in [0.15, 0.2) is 22.6 Å². The van der Waals surface area contributed by atoms with Gasteiger partial charge in [-0.2, -0.15) is 0 Å². The minimum absolute atomic E-state index is 0.0858. The van der Waals surface area contributed by atoms with Gasteiger partial charge in [0.1, 0.15) is 4.83 Å². The van der Waals surface area contributed by atoms with Crippen LogP contribution in [0.3, 0.4) is 0 Å². The summed E-state index contributed by atoms with van der Waals surface area (Å²) in [4.78, 5) is 27.8. The van der Waals surface area contributed by atoms with Gasteiger partial charge in [0.15, 0.2) is 0 Å². The van der Waals surface area contributed by atoms with Crippen LogP contribution >= 0.6 is 11.3 Å². The third kappa shape index (κ3) is 1.96. The normalized spacial score (nSPS) is 10.6. The maximum atomic E-state index is 11.9. The minimum Gasteiger partial charge on any atom is -0.359 e. The summed E-state index contributed by atoms with van der Waals surface area (Å²) in [6, 6.07) is 1.76. The summed E-state index contributed by atoms with van der Waals surface area (Å²) in [5.74, 6) is -0.0858. The predicted octanol–water partition coefficient (Wildman–Crippen LogP) is 0.594. The van der Waals surface area contributed by atoms with E-state index in [1.807, 2.05) is 5.38 Å². The fourth-order valence-corrected chi connectivity index (χ4v) is 2.12. The van der Waals surface area contributed by atoms with E-state index in [0.29, 0.717) is 11.9 Å². The highest BCUT2D eigenvalue weighted by Crippen LogP contribution is 2.13.